The van der Waals surface area contributed by atoms with Gasteiger partial charge < -0.3 is 0 Å². The predicted molar refractivity (Wildman–Crippen MR) is 65.2 cm³/mol. The van der Waals surface area contributed by atoms with E-state index in [1.165, 1.54) is 32.1 Å². The average molecular weight is 194 g/mol. The van der Waals surface area contributed by atoms with Gasteiger partial charge in [-0.2, -0.15) is 0 Å². The molecule has 0 radical (unpaired) electrons. The van der Waals surface area contributed by atoms with Crippen LogP contribution in [-0.2, 0) is 0 Å². The monoisotopic (exact) mass is 194 g/mol. The van der Waals surface area contributed by atoms with Crippen LogP contribution in [0, 0.1) is 17.3 Å². The van der Waals surface area contributed by atoms with Gasteiger partial charge in [0.2, 0.25) is 0 Å². The van der Waals surface area contributed by atoms with Crippen LogP contribution < -0.4 is 0 Å². The van der Waals surface area contributed by atoms with Crippen LogP contribution in [0.3, 0.4) is 0 Å². The summed E-state index contributed by atoms with van der Waals surface area (Å²) < 4.78 is 0. The Kier molecular flexibility index (Phi) is 7.67. The lowest BCUT2D eigenvalue weighted by Gasteiger charge is -2.17. The highest BCUT2D eigenvalue weighted by Gasteiger charge is 2.08. The van der Waals surface area contributed by atoms with E-state index in [1.54, 1.807) is 0 Å². The molecule has 82 valence electrons. The maximum Gasteiger partial charge on any atom is 0.00886 e. The summed E-state index contributed by atoms with van der Waals surface area (Å²) >= 11 is 0. The van der Waals surface area contributed by atoms with Crippen molar-refractivity contribution in [2.75, 3.05) is 0 Å². The summed E-state index contributed by atoms with van der Waals surface area (Å²) in [5.74, 6) is 6.31. The van der Waals surface area contributed by atoms with Crippen LogP contribution in [0.2, 0.25) is 0 Å². The van der Waals surface area contributed by atoms with Crippen LogP contribution in [0.25, 0.3) is 0 Å². The lowest BCUT2D eigenvalue weighted by Crippen LogP contribution is -2.03. The molecule has 0 fully saturated rings. The quantitative estimate of drug-likeness (QED) is 0.436. The molecule has 0 rings (SSSR count). The highest BCUT2D eigenvalue weighted by Crippen LogP contribution is 2.22. The summed E-state index contributed by atoms with van der Waals surface area (Å²) in [5.41, 5.74) is 0.516. The van der Waals surface area contributed by atoms with E-state index in [-0.39, 0.29) is 0 Å². The van der Waals surface area contributed by atoms with Crippen LogP contribution in [-0.4, -0.2) is 0 Å². The van der Waals surface area contributed by atoms with Gasteiger partial charge in [-0.15, -0.1) is 11.8 Å². The van der Waals surface area contributed by atoms with E-state index < -0.39 is 0 Å². The smallest absolute Gasteiger partial charge is 0.00886 e. The number of unbranched alkanes of at least 4 members (excludes halogenated alkanes) is 4. The fourth-order valence-electron chi connectivity index (χ4n) is 1.44. The zero-order valence-corrected chi connectivity index (χ0v) is 10.4. The maximum atomic E-state index is 3.19. The second kappa shape index (κ2) is 7.92. The zero-order valence-electron chi connectivity index (χ0n) is 10.4. The van der Waals surface area contributed by atoms with E-state index in [2.05, 4.69) is 39.5 Å². The lowest BCUT2D eigenvalue weighted by molar-refractivity contribution is 0.357. The van der Waals surface area contributed by atoms with E-state index in [9.17, 15) is 0 Å². The van der Waals surface area contributed by atoms with E-state index in [0.717, 1.165) is 12.8 Å². The van der Waals surface area contributed by atoms with E-state index in [4.69, 9.17) is 0 Å². The van der Waals surface area contributed by atoms with E-state index in [0.29, 0.717) is 5.41 Å². The Morgan fingerprint density at radius 1 is 0.857 bits per heavy atom. The van der Waals surface area contributed by atoms with Crippen molar-refractivity contribution in [2.24, 2.45) is 5.41 Å². The molecule has 0 nitrogen and oxygen atoms in total. The molecular weight excluding hydrogens is 168 g/mol. The Morgan fingerprint density at radius 3 is 2.07 bits per heavy atom. The van der Waals surface area contributed by atoms with E-state index >= 15 is 0 Å². The Balaban J connectivity index is 3.15. The van der Waals surface area contributed by atoms with Gasteiger partial charge in [-0.1, -0.05) is 47.0 Å². The minimum atomic E-state index is 0.516. The van der Waals surface area contributed by atoms with Crippen molar-refractivity contribution in [1.29, 1.82) is 0 Å². The second-order valence-electron chi connectivity index (χ2n) is 5.18. The molecule has 0 spiro atoms. The minimum Gasteiger partial charge on any atom is -0.104 e. The molecule has 14 heavy (non-hydrogen) atoms. The largest absolute Gasteiger partial charge is 0.104 e. The molecule has 0 aromatic carbocycles. The van der Waals surface area contributed by atoms with Gasteiger partial charge in [0.15, 0.2) is 0 Å². The fourth-order valence-corrected chi connectivity index (χ4v) is 1.44. The van der Waals surface area contributed by atoms with Crippen molar-refractivity contribution in [3.63, 3.8) is 0 Å². The molecule has 0 aromatic heterocycles. The molecule has 0 heterocycles. The van der Waals surface area contributed by atoms with Gasteiger partial charge >= 0.3 is 0 Å². The van der Waals surface area contributed by atoms with Crippen molar-refractivity contribution in [1.82, 2.24) is 0 Å². The predicted octanol–water partition coefficient (Wildman–Crippen LogP) is 4.79. The van der Waals surface area contributed by atoms with Crippen molar-refractivity contribution < 1.29 is 0 Å². The normalized spacial score (nSPS) is 10.9. The second-order valence-corrected chi connectivity index (χ2v) is 5.18. The number of hydrogen-bond acceptors (Lipinski definition) is 0. The first-order chi connectivity index (χ1) is 6.56. The summed E-state index contributed by atoms with van der Waals surface area (Å²) in [6.45, 7) is 9.06. The molecule has 0 aliphatic heterocycles. The molecule has 0 aliphatic carbocycles. The Bertz CT molecular complexity index is 172. The van der Waals surface area contributed by atoms with E-state index in [1.807, 2.05) is 0 Å². The summed E-state index contributed by atoms with van der Waals surface area (Å²) in [4.78, 5) is 0. The van der Waals surface area contributed by atoms with Gasteiger partial charge in [0.25, 0.3) is 0 Å². The fraction of sp³-hybridized carbons (Fsp3) is 0.857. The van der Waals surface area contributed by atoms with Crippen LogP contribution in [0.15, 0.2) is 0 Å². The van der Waals surface area contributed by atoms with Crippen molar-refractivity contribution >= 4 is 0 Å². The molecule has 0 aliphatic rings. The topological polar surface area (TPSA) is 0 Å². The first kappa shape index (κ1) is 13.6. The first-order valence-electron chi connectivity index (χ1n) is 6.02. The molecule has 0 unspecified atom stereocenters. The molecule has 0 N–H and O–H groups in total. The Morgan fingerprint density at radius 2 is 1.50 bits per heavy atom. The van der Waals surface area contributed by atoms with Gasteiger partial charge in [-0.3, -0.25) is 0 Å². The summed E-state index contributed by atoms with van der Waals surface area (Å²) in [7, 11) is 0. The van der Waals surface area contributed by atoms with Crippen LogP contribution in [0.5, 0.6) is 0 Å². The van der Waals surface area contributed by atoms with Gasteiger partial charge in [-0.25, -0.2) is 0 Å². The SMILES string of the molecule is CCC#CCCCCCCC(C)(C)C. The number of rotatable bonds is 5. The summed E-state index contributed by atoms with van der Waals surface area (Å²) in [6.07, 6.45) is 8.86. The van der Waals surface area contributed by atoms with Crippen LogP contribution in [0.4, 0.5) is 0 Å². The Labute approximate surface area is 90.5 Å². The minimum absolute atomic E-state index is 0.516. The van der Waals surface area contributed by atoms with Gasteiger partial charge in [0.1, 0.15) is 0 Å². The molecule has 0 saturated heterocycles. The molecule has 0 aromatic rings. The Hall–Kier alpha value is -0.440. The molecular formula is C14H26. The van der Waals surface area contributed by atoms with Gasteiger partial charge in [0, 0.05) is 12.8 Å². The van der Waals surface area contributed by atoms with Crippen molar-refractivity contribution in [3.05, 3.63) is 0 Å². The third kappa shape index (κ3) is 11.6. The van der Waals surface area contributed by atoms with Gasteiger partial charge in [0.05, 0.1) is 0 Å². The molecule has 0 bridgehead atoms. The lowest BCUT2D eigenvalue weighted by atomic mass is 9.89. The van der Waals surface area contributed by atoms with Crippen molar-refractivity contribution in [3.8, 4) is 11.8 Å². The van der Waals surface area contributed by atoms with Gasteiger partial charge in [-0.05, 0) is 18.3 Å². The standard InChI is InChI=1S/C14H26/c1-5-6-7-8-9-10-11-12-13-14(2,3)4/h5,8-13H2,1-4H3. The molecule has 0 saturated carbocycles. The summed E-state index contributed by atoms with van der Waals surface area (Å²) in [6, 6.07) is 0. The van der Waals surface area contributed by atoms with Crippen LogP contribution >= 0.6 is 0 Å². The third-order valence-corrected chi connectivity index (χ3v) is 2.28. The number of hydrogen-bond donors (Lipinski definition) is 0. The van der Waals surface area contributed by atoms with Crippen molar-refractivity contribution in [2.45, 2.75) is 72.6 Å². The highest BCUT2D eigenvalue weighted by molar-refractivity contribution is 4.97. The molecule has 0 amide bonds. The zero-order chi connectivity index (χ0) is 10.9. The molecule has 0 atom stereocenters. The average Bonchev–Trinajstić information content (AvgIpc) is 2.08. The van der Waals surface area contributed by atoms with Crippen LogP contribution in [0.1, 0.15) is 72.6 Å². The molecule has 0 heteroatoms. The third-order valence-electron chi connectivity index (χ3n) is 2.28. The first-order valence-corrected chi connectivity index (χ1v) is 6.02. The highest BCUT2D eigenvalue weighted by atomic mass is 14.1. The summed E-state index contributed by atoms with van der Waals surface area (Å²) in [5, 5.41) is 0. The maximum absolute atomic E-state index is 3.19.